The molecule has 0 saturated heterocycles. The summed E-state index contributed by atoms with van der Waals surface area (Å²) in [5, 5.41) is 6.98. The fraction of sp³-hybridized carbons (Fsp3) is 0.429. The van der Waals surface area contributed by atoms with Crippen LogP contribution in [0.25, 0.3) is 11.3 Å². The second kappa shape index (κ2) is 10.0. The van der Waals surface area contributed by atoms with Crippen LogP contribution in [0.4, 0.5) is 24.5 Å². The number of benzene rings is 1. The Labute approximate surface area is 224 Å². The van der Waals surface area contributed by atoms with Crippen LogP contribution in [-0.4, -0.2) is 39.8 Å². The van der Waals surface area contributed by atoms with E-state index in [4.69, 9.17) is 4.74 Å². The number of nitrogens with zero attached hydrogens (tertiary/aromatic N) is 5. The van der Waals surface area contributed by atoms with Crippen molar-refractivity contribution in [2.75, 3.05) is 23.4 Å². The lowest BCUT2D eigenvalue weighted by Gasteiger charge is -2.23. The molecule has 3 aromatic rings. The Morgan fingerprint density at radius 1 is 1.18 bits per heavy atom. The number of guanidine groups is 1. The molecule has 1 atom stereocenters. The molecule has 0 saturated carbocycles. The Hall–Kier alpha value is -3.89. The fourth-order valence-electron chi connectivity index (χ4n) is 5.00. The largest absolute Gasteiger partial charge is 0.477 e. The molecule has 1 N–H and O–H groups in total. The highest BCUT2D eigenvalue weighted by molar-refractivity contribution is 6.19. The molecule has 5 rings (SSSR count). The second-order valence-corrected chi connectivity index (χ2v) is 10.5. The first kappa shape index (κ1) is 26.7. The smallest absolute Gasteiger partial charge is 0.435 e. The fourth-order valence-corrected chi connectivity index (χ4v) is 5.00. The minimum Gasteiger partial charge on any atom is -0.477 e. The third-order valence-corrected chi connectivity index (χ3v) is 6.98. The predicted octanol–water partition coefficient (Wildman–Crippen LogP) is 6.17. The van der Waals surface area contributed by atoms with Gasteiger partial charge >= 0.3 is 6.18 Å². The number of aromatic nitrogens is 3. The lowest BCUT2D eigenvalue weighted by atomic mass is 10.0. The van der Waals surface area contributed by atoms with Gasteiger partial charge < -0.3 is 15.0 Å². The number of pyridine rings is 1. The number of carbonyl (C=O) groups excluding carboxylic acids is 1. The molecule has 39 heavy (non-hydrogen) atoms. The maximum Gasteiger partial charge on any atom is 0.435 e. The summed E-state index contributed by atoms with van der Waals surface area (Å²) in [6.07, 6.45) is -3.37. The summed E-state index contributed by atoms with van der Waals surface area (Å²) in [6, 6.07) is 8.99. The number of amides is 1. The Morgan fingerprint density at radius 3 is 2.67 bits per heavy atom. The molecule has 2 aliphatic rings. The van der Waals surface area contributed by atoms with Gasteiger partial charge in [0.1, 0.15) is 0 Å². The molecule has 0 radical (unpaired) electrons. The lowest BCUT2D eigenvalue weighted by Crippen LogP contribution is -2.35. The molecule has 0 unspecified atom stereocenters. The van der Waals surface area contributed by atoms with Crippen LogP contribution in [0, 0.1) is 12.8 Å². The first-order valence-electron chi connectivity index (χ1n) is 13.0. The Balaban J connectivity index is 1.64. The van der Waals surface area contributed by atoms with Gasteiger partial charge in [-0.2, -0.15) is 23.3 Å². The van der Waals surface area contributed by atoms with Crippen LogP contribution in [0.15, 0.2) is 35.3 Å². The van der Waals surface area contributed by atoms with Crippen LogP contribution in [0.1, 0.15) is 66.8 Å². The van der Waals surface area contributed by atoms with Crippen molar-refractivity contribution in [2.24, 2.45) is 18.0 Å². The summed E-state index contributed by atoms with van der Waals surface area (Å²) in [4.78, 5) is 24.2. The van der Waals surface area contributed by atoms with Gasteiger partial charge in [-0.05, 0) is 61.4 Å². The van der Waals surface area contributed by atoms with Gasteiger partial charge in [0.2, 0.25) is 11.8 Å². The SMILES string of the molecule is Cc1cc2cc(n1)-c1c(C(F)(F)F)nn(C)c1OCCC[C@@H](C)CN1/C(=N/C2=O)Nc2ccc(C(C)C)cc21. The molecule has 2 aliphatic heterocycles. The second-order valence-electron chi connectivity index (χ2n) is 10.5. The molecular formula is C28H31F3N6O2. The molecule has 1 aromatic carbocycles. The number of aliphatic imine (C=N–C) groups is 1. The summed E-state index contributed by atoms with van der Waals surface area (Å²) in [5.41, 5.74) is 2.02. The number of hydrogen-bond acceptors (Lipinski definition) is 6. The van der Waals surface area contributed by atoms with E-state index in [-0.39, 0.29) is 35.2 Å². The van der Waals surface area contributed by atoms with Crippen molar-refractivity contribution in [2.45, 2.75) is 52.6 Å². The quantitative estimate of drug-likeness (QED) is 0.397. The van der Waals surface area contributed by atoms with Gasteiger partial charge in [0.15, 0.2) is 5.69 Å². The number of fused-ring (bicyclic) bond motifs is 7. The van der Waals surface area contributed by atoms with Crippen molar-refractivity contribution in [1.29, 1.82) is 0 Å². The third kappa shape index (κ3) is 5.22. The normalized spacial score (nSPS) is 19.2. The topological polar surface area (TPSA) is 84.6 Å². The molecule has 11 heteroatoms. The van der Waals surface area contributed by atoms with Crippen molar-refractivity contribution < 1.29 is 22.7 Å². The predicted molar refractivity (Wildman–Crippen MR) is 143 cm³/mol. The van der Waals surface area contributed by atoms with Crippen molar-refractivity contribution in [3.8, 4) is 17.1 Å². The van der Waals surface area contributed by atoms with E-state index in [2.05, 4.69) is 53.3 Å². The van der Waals surface area contributed by atoms with E-state index in [9.17, 15) is 18.0 Å². The van der Waals surface area contributed by atoms with Gasteiger partial charge in [-0.3, -0.25) is 9.78 Å². The molecule has 4 heterocycles. The molecular weight excluding hydrogens is 509 g/mol. The maximum atomic E-state index is 14.0. The summed E-state index contributed by atoms with van der Waals surface area (Å²) in [6.45, 7) is 8.77. The van der Waals surface area contributed by atoms with Crippen LogP contribution >= 0.6 is 0 Å². The van der Waals surface area contributed by atoms with Crippen LogP contribution < -0.4 is 15.0 Å². The third-order valence-electron chi connectivity index (χ3n) is 6.98. The van der Waals surface area contributed by atoms with Crippen molar-refractivity contribution in [3.05, 3.63) is 52.8 Å². The zero-order chi connectivity index (χ0) is 28.1. The van der Waals surface area contributed by atoms with E-state index in [0.717, 1.165) is 22.5 Å². The highest BCUT2D eigenvalue weighted by atomic mass is 19.4. The van der Waals surface area contributed by atoms with Gasteiger partial charge in [0, 0.05) is 24.8 Å². The Kier molecular flexibility index (Phi) is 6.86. The molecule has 0 fully saturated rings. The molecule has 8 nitrogen and oxygen atoms in total. The van der Waals surface area contributed by atoms with E-state index >= 15 is 0 Å². The summed E-state index contributed by atoms with van der Waals surface area (Å²) in [7, 11) is 1.40. The monoisotopic (exact) mass is 540 g/mol. The molecule has 2 bridgehead atoms. The van der Waals surface area contributed by atoms with E-state index < -0.39 is 17.8 Å². The minimum absolute atomic E-state index is 0.0370. The van der Waals surface area contributed by atoms with Crippen LogP contribution in [0.2, 0.25) is 0 Å². The number of halogens is 3. The minimum atomic E-state index is -4.74. The van der Waals surface area contributed by atoms with Crippen molar-refractivity contribution >= 4 is 23.2 Å². The zero-order valence-corrected chi connectivity index (χ0v) is 22.6. The van der Waals surface area contributed by atoms with E-state index in [1.54, 1.807) is 6.92 Å². The number of nitrogens with one attached hydrogen (secondary N) is 1. The maximum absolute atomic E-state index is 14.0. The summed E-state index contributed by atoms with van der Waals surface area (Å²) >= 11 is 0. The number of alkyl halides is 3. The first-order chi connectivity index (χ1) is 18.4. The van der Waals surface area contributed by atoms with E-state index in [0.29, 0.717) is 30.5 Å². The van der Waals surface area contributed by atoms with Crippen LogP contribution in [-0.2, 0) is 13.2 Å². The lowest BCUT2D eigenvalue weighted by molar-refractivity contribution is -0.141. The van der Waals surface area contributed by atoms with Crippen molar-refractivity contribution in [3.63, 3.8) is 0 Å². The summed E-state index contributed by atoms with van der Waals surface area (Å²) in [5.74, 6) is 0.268. The molecule has 2 aromatic heterocycles. The number of hydrogen-bond donors (Lipinski definition) is 1. The number of ether oxygens (including phenoxy) is 1. The number of anilines is 2. The van der Waals surface area contributed by atoms with Gasteiger partial charge in [0.05, 0.1) is 29.2 Å². The molecule has 0 aliphatic carbocycles. The molecule has 0 spiro atoms. The van der Waals surface area contributed by atoms with E-state index in [1.165, 1.54) is 24.7 Å². The number of carbonyl (C=O) groups is 1. The highest BCUT2D eigenvalue weighted by Crippen LogP contribution is 2.42. The Morgan fingerprint density at radius 2 is 1.95 bits per heavy atom. The van der Waals surface area contributed by atoms with E-state index in [1.807, 2.05) is 11.0 Å². The molecule has 1 amide bonds. The van der Waals surface area contributed by atoms with Gasteiger partial charge in [-0.25, -0.2) is 4.68 Å². The first-order valence-corrected chi connectivity index (χ1v) is 13.0. The Bertz CT molecular complexity index is 1460. The van der Waals surface area contributed by atoms with Crippen molar-refractivity contribution in [1.82, 2.24) is 14.8 Å². The number of rotatable bonds is 1. The number of aryl methyl sites for hydroxylation is 2. The zero-order valence-electron chi connectivity index (χ0n) is 22.6. The average Bonchev–Trinajstić information content (AvgIpc) is 3.37. The summed E-state index contributed by atoms with van der Waals surface area (Å²) < 4.78 is 49.0. The van der Waals surface area contributed by atoms with Gasteiger partial charge in [-0.15, -0.1) is 0 Å². The standard InChI is InChI=1S/C28H31F3N6O2/c1-15(2)18-8-9-20-22(13-18)37-14-16(3)7-6-10-39-26-23(24(28(29,30)31)35-36(26)5)21-12-19(11-17(4)32-21)25(38)34-27(37)33-20/h8-9,11-13,15-16H,6-7,10,14H2,1-5H3,(H,33,34,38)/t16-/m1/s1. The van der Waals surface area contributed by atoms with Gasteiger partial charge in [0.25, 0.3) is 5.91 Å². The van der Waals surface area contributed by atoms with Gasteiger partial charge in [-0.1, -0.05) is 26.8 Å². The van der Waals surface area contributed by atoms with Crippen LogP contribution in [0.3, 0.4) is 0 Å². The van der Waals surface area contributed by atoms with Crippen LogP contribution in [0.5, 0.6) is 5.88 Å². The molecule has 206 valence electrons. The average molecular weight is 541 g/mol. The highest BCUT2D eigenvalue weighted by Gasteiger charge is 2.41.